The van der Waals surface area contributed by atoms with Gasteiger partial charge in [0, 0.05) is 24.6 Å². The molecule has 1 unspecified atom stereocenters. The van der Waals surface area contributed by atoms with E-state index in [4.69, 9.17) is 9.41 Å². The van der Waals surface area contributed by atoms with E-state index in [1.165, 1.54) is 0 Å². The molecule has 0 aliphatic heterocycles. The van der Waals surface area contributed by atoms with Crippen molar-refractivity contribution in [2.75, 3.05) is 5.32 Å². The Labute approximate surface area is 204 Å². The van der Waals surface area contributed by atoms with Gasteiger partial charge in [0.1, 0.15) is 5.82 Å². The van der Waals surface area contributed by atoms with Crippen molar-refractivity contribution < 1.29 is 13.2 Å². The van der Waals surface area contributed by atoms with Gasteiger partial charge in [-0.1, -0.05) is 26.8 Å². The molecule has 1 saturated carbocycles. The Balaban J connectivity index is 2.00. The summed E-state index contributed by atoms with van der Waals surface area (Å²) < 4.78 is 36.0. The van der Waals surface area contributed by atoms with Crippen molar-refractivity contribution in [1.29, 1.82) is 0 Å². The number of hydrogen-bond acceptors (Lipinski definition) is 4. The fourth-order valence-corrected chi connectivity index (χ4v) is 5.39. The maximum Gasteiger partial charge on any atom is 0.248 e. The van der Waals surface area contributed by atoms with Crippen molar-refractivity contribution in [3.05, 3.63) is 47.8 Å². The number of hydrogen-bond donors (Lipinski definition) is 1. The summed E-state index contributed by atoms with van der Waals surface area (Å²) in [4.78, 5) is 4.83. The molecule has 2 aromatic heterocycles. The standard InChI is InChI=1S/C26H40F2N4OSi/c1-9-10-22(33-34(7,8)25(4,5)6)20-16-23(29-21-11-13-26(27,28)14-12-21)30-24(17-20)32-19(3)15-18(2)31-32/h9,15-17,21-22H,1,10-14H2,2-8H3,(H,29,30). The summed E-state index contributed by atoms with van der Waals surface area (Å²) in [6.45, 7) is 19.1. The molecule has 1 aliphatic carbocycles. The first kappa shape index (κ1) is 26.5. The maximum absolute atomic E-state index is 13.7. The number of pyridine rings is 1. The third-order valence-corrected chi connectivity index (χ3v) is 11.6. The molecule has 0 aromatic carbocycles. The van der Waals surface area contributed by atoms with E-state index in [-0.39, 0.29) is 30.0 Å². The van der Waals surface area contributed by atoms with Gasteiger partial charge >= 0.3 is 0 Å². The monoisotopic (exact) mass is 490 g/mol. The molecule has 8 heteroatoms. The van der Waals surface area contributed by atoms with Gasteiger partial charge < -0.3 is 9.74 Å². The molecule has 1 aliphatic rings. The van der Waals surface area contributed by atoms with Crippen LogP contribution in [0.1, 0.15) is 75.9 Å². The molecule has 1 N–H and O–H groups in total. The number of nitrogens with one attached hydrogen (secondary N) is 1. The van der Waals surface area contributed by atoms with Gasteiger partial charge in [0.15, 0.2) is 14.1 Å². The lowest BCUT2D eigenvalue weighted by atomic mass is 9.92. The molecule has 0 bridgehead atoms. The zero-order valence-corrected chi connectivity index (χ0v) is 22.7. The molecule has 0 amide bonds. The van der Waals surface area contributed by atoms with E-state index in [0.29, 0.717) is 30.9 Å². The SMILES string of the molecule is C=CCC(O[Si](C)(C)C(C)(C)C)c1cc(NC2CCC(F)(F)CC2)nc(-n2nc(C)cc2C)c1. The summed E-state index contributed by atoms with van der Waals surface area (Å²) in [5.41, 5.74) is 2.89. The minimum Gasteiger partial charge on any atom is -0.410 e. The highest BCUT2D eigenvalue weighted by atomic mass is 28.4. The summed E-state index contributed by atoms with van der Waals surface area (Å²) in [7, 11) is -2.06. The Morgan fingerprint density at radius 3 is 2.41 bits per heavy atom. The summed E-state index contributed by atoms with van der Waals surface area (Å²) in [6.07, 6.45) is 3.04. The molecule has 0 saturated heterocycles. The first-order valence-corrected chi connectivity index (χ1v) is 15.1. The molecular weight excluding hydrogens is 450 g/mol. The van der Waals surface area contributed by atoms with Crippen LogP contribution in [0.5, 0.6) is 0 Å². The summed E-state index contributed by atoms with van der Waals surface area (Å²) in [5, 5.41) is 8.11. The predicted octanol–water partition coefficient (Wildman–Crippen LogP) is 7.51. The van der Waals surface area contributed by atoms with Crippen LogP contribution in [0.2, 0.25) is 18.1 Å². The second kappa shape index (κ2) is 9.89. The molecule has 0 spiro atoms. The van der Waals surface area contributed by atoms with E-state index in [1.807, 2.05) is 42.8 Å². The molecule has 0 radical (unpaired) electrons. The Kier molecular flexibility index (Phi) is 7.72. The largest absolute Gasteiger partial charge is 0.410 e. The molecule has 2 aromatic rings. The lowest BCUT2D eigenvalue weighted by Gasteiger charge is -2.39. The quantitative estimate of drug-likeness (QED) is 0.307. The fourth-order valence-electron chi connectivity index (χ4n) is 4.10. The number of rotatable bonds is 8. The zero-order valence-electron chi connectivity index (χ0n) is 21.7. The van der Waals surface area contributed by atoms with E-state index < -0.39 is 14.2 Å². The van der Waals surface area contributed by atoms with Crippen molar-refractivity contribution >= 4 is 14.1 Å². The van der Waals surface area contributed by atoms with E-state index in [0.717, 1.165) is 17.0 Å². The van der Waals surface area contributed by atoms with Crippen LogP contribution in [-0.4, -0.2) is 35.0 Å². The lowest BCUT2D eigenvalue weighted by molar-refractivity contribution is -0.0361. The first-order valence-electron chi connectivity index (χ1n) is 12.2. The second-order valence-corrected chi connectivity index (χ2v) is 15.9. The van der Waals surface area contributed by atoms with Crippen molar-refractivity contribution in [1.82, 2.24) is 14.8 Å². The van der Waals surface area contributed by atoms with Gasteiger partial charge in [-0.3, -0.25) is 0 Å². The normalized spacial score (nSPS) is 18.0. The summed E-state index contributed by atoms with van der Waals surface area (Å²) >= 11 is 0. The fraction of sp³-hybridized carbons (Fsp3) is 0.615. The average molecular weight is 491 g/mol. The van der Waals surface area contributed by atoms with Gasteiger partial charge in [-0.15, -0.1) is 6.58 Å². The topological polar surface area (TPSA) is 52.0 Å². The van der Waals surface area contributed by atoms with Gasteiger partial charge in [0.25, 0.3) is 0 Å². The minimum atomic E-state index is -2.56. The Hall–Kier alpha value is -2.06. The first-order chi connectivity index (χ1) is 15.7. The average Bonchev–Trinajstić information content (AvgIpc) is 3.06. The van der Waals surface area contributed by atoms with Crippen molar-refractivity contribution in [3.8, 4) is 5.82 Å². The summed E-state index contributed by atoms with van der Waals surface area (Å²) in [6, 6.07) is 6.01. The van der Waals surface area contributed by atoms with E-state index in [9.17, 15) is 8.78 Å². The van der Waals surface area contributed by atoms with E-state index in [1.54, 1.807) is 0 Å². The van der Waals surface area contributed by atoms with Gasteiger partial charge in [-0.05, 0) is 75.0 Å². The van der Waals surface area contributed by atoms with Gasteiger partial charge in [0.2, 0.25) is 5.92 Å². The zero-order chi connectivity index (χ0) is 25.3. The predicted molar refractivity (Wildman–Crippen MR) is 137 cm³/mol. The van der Waals surface area contributed by atoms with Gasteiger partial charge in [-0.25, -0.2) is 18.4 Å². The van der Waals surface area contributed by atoms with Crippen LogP contribution in [0, 0.1) is 13.8 Å². The van der Waals surface area contributed by atoms with Crippen LogP contribution >= 0.6 is 0 Å². The van der Waals surface area contributed by atoms with Crippen molar-refractivity contribution in [2.45, 2.75) is 103 Å². The summed E-state index contributed by atoms with van der Waals surface area (Å²) in [5.74, 6) is -1.20. The van der Waals surface area contributed by atoms with Gasteiger partial charge in [-0.2, -0.15) is 5.10 Å². The molecule has 188 valence electrons. The molecule has 1 atom stereocenters. The highest BCUT2D eigenvalue weighted by molar-refractivity contribution is 6.74. The second-order valence-electron chi connectivity index (χ2n) is 11.1. The molecule has 2 heterocycles. The molecule has 3 rings (SSSR count). The highest BCUT2D eigenvalue weighted by Crippen LogP contribution is 2.41. The number of aryl methyl sites for hydroxylation is 2. The van der Waals surface area contributed by atoms with Crippen molar-refractivity contribution in [3.63, 3.8) is 0 Å². The highest BCUT2D eigenvalue weighted by Gasteiger charge is 2.39. The molecule has 34 heavy (non-hydrogen) atoms. The number of alkyl halides is 2. The Morgan fingerprint density at radius 1 is 1.24 bits per heavy atom. The van der Waals surface area contributed by atoms with E-state index >= 15 is 0 Å². The van der Waals surface area contributed by atoms with Crippen LogP contribution in [0.15, 0.2) is 30.9 Å². The van der Waals surface area contributed by atoms with Crippen LogP contribution < -0.4 is 5.32 Å². The number of nitrogens with zero attached hydrogens (tertiary/aromatic N) is 3. The van der Waals surface area contributed by atoms with Crippen LogP contribution in [0.3, 0.4) is 0 Å². The van der Waals surface area contributed by atoms with Gasteiger partial charge in [0.05, 0.1) is 11.8 Å². The van der Waals surface area contributed by atoms with Crippen molar-refractivity contribution in [2.24, 2.45) is 0 Å². The minimum absolute atomic E-state index is 0.0326. The number of aromatic nitrogens is 3. The van der Waals surface area contributed by atoms with Crippen LogP contribution in [0.25, 0.3) is 5.82 Å². The van der Waals surface area contributed by atoms with Crippen LogP contribution in [0.4, 0.5) is 14.6 Å². The molecular formula is C26H40F2N4OSi. The third kappa shape index (κ3) is 6.33. The third-order valence-electron chi connectivity index (χ3n) is 7.13. The number of halogens is 2. The molecule has 1 fully saturated rings. The van der Waals surface area contributed by atoms with Crippen LogP contribution in [-0.2, 0) is 4.43 Å². The Morgan fingerprint density at radius 2 is 1.88 bits per heavy atom. The number of anilines is 1. The lowest BCUT2D eigenvalue weighted by Crippen LogP contribution is -2.41. The smallest absolute Gasteiger partial charge is 0.248 e. The maximum atomic E-state index is 13.7. The Bertz CT molecular complexity index is 1000. The molecule has 5 nitrogen and oxygen atoms in total. The van der Waals surface area contributed by atoms with E-state index in [2.05, 4.69) is 50.9 Å².